The van der Waals surface area contributed by atoms with Gasteiger partial charge >= 0.3 is 0 Å². The summed E-state index contributed by atoms with van der Waals surface area (Å²) in [5.74, 6) is 1.34. The fourth-order valence-corrected chi connectivity index (χ4v) is 3.22. The molecule has 0 saturated heterocycles. The number of benzene rings is 1. The molecule has 2 rings (SSSR count). The van der Waals surface area contributed by atoms with E-state index in [1.54, 1.807) is 6.08 Å². The van der Waals surface area contributed by atoms with Gasteiger partial charge in [-0.05, 0) is 70.3 Å². The molecule has 0 aliphatic heterocycles. The van der Waals surface area contributed by atoms with Gasteiger partial charge in [0.15, 0.2) is 0 Å². The zero-order valence-corrected chi connectivity index (χ0v) is 17.2. The summed E-state index contributed by atoms with van der Waals surface area (Å²) < 4.78 is 0.744. The van der Waals surface area contributed by atoms with Crippen molar-refractivity contribution < 1.29 is 4.79 Å². The largest absolute Gasteiger partial charge is 0.352 e. The second-order valence-corrected chi connectivity index (χ2v) is 8.30. The Kier molecular flexibility index (Phi) is 6.97. The third kappa shape index (κ3) is 5.65. The number of rotatable bonds is 6. The Labute approximate surface area is 162 Å². The maximum absolute atomic E-state index is 11.8. The topological polar surface area (TPSA) is 29.1 Å². The van der Waals surface area contributed by atoms with Crippen molar-refractivity contribution in [1.29, 1.82) is 0 Å². The normalized spacial score (nSPS) is 20.7. The highest BCUT2D eigenvalue weighted by atomic mass is 79.9. The summed E-state index contributed by atoms with van der Waals surface area (Å²) in [5.41, 5.74) is 2.12. The predicted molar refractivity (Wildman–Crippen MR) is 106 cm³/mol. The maximum Gasteiger partial charge on any atom is 0.244 e. The van der Waals surface area contributed by atoms with E-state index in [1.807, 2.05) is 25.1 Å². The smallest absolute Gasteiger partial charge is 0.244 e. The number of nitrogens with one attached hydrogen (secondary N) is 1. The van der Waals surface area contributed by atoms with E-state index in [0.29, 0.717) is 34.3 Å². The van der Waals surface area contributed by atoms with Gasteiger partial charge in [0.1, 0.15) is 0 Å². The van der Waals surface area contributed by atoms with Gasteiger partial charge in [-0.15, -0.1) is 0 Å². The first kappa shape index (κ1) is 19.6. The highest BCUT2D eigenvalue weighted by Crippen LogP contribution is 2.50. The molecule has 1 amide bonds. The molecule has 1 aliphatic carbocycles. The van der Waals surface area contributed by atoms with E-state index in [0.717, 1.165) is 16.5 Å². The second kappa shape index (κ2) is 8.55. The van der Waals surface area contributed by atoms with E-state index in [2.05, 4.69) is 41.2 Å². The minimum Gasteiger partial charge on any atom is -0.352 e. The molecular weight excluding hydrogens is 409 g/mol. The summed E-state index contributed by atoms with van der Waals surface area (Å²) >= 11 is 15.7. The maximum atomic E-state index is 11.8. The average Bonchev–Trinajstić information content (AvgIpc) is 3.28. The molecule has 0 aromatic heterocycles. The van der Waals surface area contributed by atoms with Crippen LogP contribution in [0.2, 0.25) is 10.0 Å². The molecule has 130 valence electrons. The lowest BCUT2D eigenvalue weighted by Crippen LogP contribution is -2.25. The van der Waals surface area contributed by atoms with Gasteiger partial charge in [-0.1, -0.05) is 49.2 Å². The van der Waals surface area contributed by atoms with E-state index in [1.165, 1.54) is 5.56 Å². The van der Waals surface area contributed by atoms with E-state index < -0.39 is 0 Å². The highest BCUT2D eigenvalue weighted by molar-refractivity contribution is 9.10. The third-order valence-corrected chi connectivity index (χ3v) is 5.83. The van der Waals surface area contributed by atoms with Gasteiger partial charge in [-0.25, -0.2) is 0 Å². The summed E-state index contributed by atoms with van der Waals surface area (Å²) in [7, 11) is 0. The van der Waals surface area contributed by atoms with Crippen LogP contribution in [0.25, 0.3) is 0 Å². The Bertz CT molecular complexity index is 659. The Hall–Kier alpha value is -0.770. The van der Waals surface area contributed by atoms with Gasteiger partial charge in [0.25, 0.3) is 0 Å². The van der Waals surface area contributed by atoms with Crippen molar-refractivity contribution in [2.24, 2.45) is 11.8 Å². The van der Waals surface area contributed by atoms with Crippen LogP contribution in [0.4, 0.5) is 0 Å². The molecule has 1 fully saturated rings. The Morgan fingerprint density at radius 3 is 2.58 bits per heavy atom. The lowest BCUT2D eigenvalue weighted by molar-refractivity contribution is -0.116. The number of carbonyl (C=O) groups excluding carboxylic acids is 1. The molecule has 1 aliphatic rings. The zero-order valence-electron chi connectivity index (χ0n) is 14.1. The van der Waals surface area contributed by atoms with Crippen LogP contribution in [0.3, 0.4) is 0 Å². The molecule has 0 bridgehead atoms. The fourth-order valence-electron chi connectivity index (χ4n) is 2.49. The van der Waals surface area contributed by atoms with Gasteiger partial charge in [0.2, 0.25) is 5.91 Å². The quantitative estimate of drug-likeness (QED) is 0.328. The van der Waals surface area contributed by atoms with Crippen LogP contribution in [0.5, 0.6) is 0 Å². The summed E-state index contributed by atoms with van der Waals surface area (Å²) in [6.45, 7) is 6.79. The molecule has 2 nitrogen and oxygen atoms in total. The number of halogens is 3. The number of amides is 1. The van der Waals surface area contributed by atoms with Gasteiger partial charge in [0, 0.05) is 12.6 Å². The first-order chi connectivity index (χ1) is 11.3. The SMILES string of the molecule is CC(C=CC1CC1c1cc(Cl)c(Br)c(Cl)c1)=CC(=O)NCC(C)C. The zero-order chi connectivity index (χ0) is 17.9. The Morgan fingerprint density at radius 2 is 2.00 bits per heavy atom. The van der Waals surface area contributed by atoms with Crippen LogP contribution in [-0.4, -0.2) is 12.5 Å². The molecule has 0 radical (unpaired) electrons. The summed E-state index contributed by atoms with van der Waals surface area (Å²) in [5, 5.41) is 4.17. The van der Waals surface area contributed by atoms with E-state index in [9.17, 15) is 4.79 Å². The molecule has 0 spiro atoms. The molecule has 1 aromatic carbocycles. The molecule has 0 heterocycles. The van der Waals surface area contributed by atoms with Crippen LogP contribution in [-0.2, 0) is 4.79 Å². The van der Waals surface area contributed by atoms with Gasteiger partial charge in [-0.2, -0.15) is 0 Å². The first-order valence-electron chi connectivity index (χ1n) is 8.06. The molecule has 2 unspecified atom stereocenters. The van der Waals surface area contributed by atoms with Gasteiger partial charge in [-0.3, -0.25) is 4.79 Å². The summed E-state index contributed by atoms with van der Waals surface area (Å²) in [6.07, 6.45) is 6.90. The number of allylic oxidation sites excluding steroid dienone is 3. The highest BCUT2D eigenvalue weighted by Gasteiger charge is 2.36. The van der Waals surface area contributed by atoms with Crippen molar-refractivity contribution in [3.8, 4) is 0 Å². The minimum atomic E-state index is -0.0373. The van der Waals surface area contributed by atoms with Crippen LogP contribution in [0, 0.1) is 11.8 Å². The van der Waals surface area contributed by atoms with Crippen molar-refractivity contribution in [2.75, 3.05) is 6.54 Å². The average molecular weight is 431 g/mol. The van der Waals surface area contributed by atoms with Crippen molar-refractivity contribution in [1.82, 2.24) is 5.32 Å². The molecule has 24 heavy (non-hydrogen) atoms. The molecule has 2 atom stereocenters. The molecule has 1 aromatic rings. The van der Waals surface area contributed by atoms with Crippen molar-refractivity contribution in [3.05, 3.63) is 56.0 Å². The fraction of sp³-hybridized carbons (Fsp3) is 0.421. The lowest BCUT2D eigenvalue weighted by atomic mass is 10.1. The predicted octanol–water partition coefficient (Wildman–Crippen LogP) is 6.13. The number of carbonyl (C=O) groups is 1. The monoisotopic (exact) mass is 429 g/mol. The summed E-state index contributed by atoms with van der Waals surface area (Å²) in [4.78, 5) is 11.8. The van der Waals surface area contributed by atoms with Crippen LogP contribution in [0.1, 0.15) is 38.7 Å². The third-order valence-electron chi connectivity index (χ3n) is 3.92. The van der Waals surface area contributed by atoms with E-state index in [-0.39, 0.29) is 5.91 Å². The Balaban J connectivity index is 1.92. The van der Waals surface area contributed by atoms with E-state index >= 15 is 0 Å². The number of hydrogen-bond acceptors (Lipinski definition) is 1. The van der Waals surface area contributed by atoms with E-state index in [4.69, 9.17) is 23.2 Å². The van der Waals surface area contributed by atoms with Crippen molar-refractivity contribution >= 4 is 45.0 Å². The second-order valence-electron chi connectivity index (χ2n) is 6.69. The molecular formula is C19H22BrCl2NO. The van der Waals surface area contributed by atoms with Crippen LogP contribution < -0.4 is 5.32 Å². The lowest BCUT2D eigenvalue weighted by Gasteiger charge is -2.05. The molecule has 1 saturated carbocycles. The number of hydrogen-bond donors (Lipinski definition) is 1. The minimum absolute atomic E-state index is 0.0373. The van der Waals surface area contributed by atoms with Crippen LogP contribution in [0.15, 0.2) is 40.4 Å². The van der Waals surface area contributed by atoms with Gasteiger partial charge < -0.3 is 5.32 Å². The van der Waals surface area contributed by atoms with Crippen molar-refractivity contribution in [3.63, 3.8) is 0 Å². The molecule has 1 N–H and O–H groups in total. The molecule has 5 heteroatoms. The van der Waals surface area contributed by atoms with Crippen LogP contribution >= 0.6 is 39.1 Å². The summed E-state index contributed by atoms with van der Waals surface area (Å²) in [6, 6.07) is 3.94. The Morgan fingerprint density at radius 1 is 1.38 bits per heavy atom. The standard InChI is InChI=1S/C19H22BrCl2NO/c1-11(2)10-23-18(24)6-12(3)4-5-13-7-15(13)14-8-16(21)19(20)17(22)9-14/h4-6,8-9,11,13,15H,7,10H2,1-3H3,(H,23,24). The van der Waals surface area contributed by atoms with Crippen molar-refractivity contribution in [2.45, 2.75) is 33.1 Å². The first-order valence-corrected chi connectivity index (χ1v) is 9.61. The van der Waals surface area contributed by atoms with Gasteiger partial charge in [0.05, 0.1) is 14.5 Å².